The summed E-state index contributed by atoms with van der Waals surface area (Å²) in [5.41, 5.74) is 6.19. The Morgan fingerprint density at radius 1 is 1.24 bits per heavy atom. The lowest BCUT2D eigenvalue weighted by molar-refractivity contribution is 0.0604. The lowest BCUT2D eigenvalue weighted by Crippen LogP contribution is -2.53. The monoisotopic (exact) mass is 301 g/mol. The van der Waals surface area contributed by atoms with Crippen molar-refractivity contribution in [3.05, 3.63) is 35.1 Å². The number of likely N-dealkylation sites (N-methyl/N-ethyl adjacent to an activating group) is 1. The molecule has 0 saturated carbocycles. The lowest BCUT2D eigenvalue weighted by Gasteiger charge is -2.42. The average Bonchev–Trinajstić information content (AvgIpc) is 2.45. The first kappa shape index (κ1) is 16.3. The van der Waals surface area contributed by atoms with Crippen LogP contribution in [0.25, 0.3) is 0 Å². The predicted molar refractivity (Wildman–Crippen MR) is 76.4 cm³/mol. The summed E-state index contributed by atoms with van der Waals surface area (Å²) in [5.74, 6) is -3.76. The van der Waals surface area contributed by atoms with Gasteiger partial charge in [0.25, 0.3) is 0 Å². The van der Waals surface area contributed by atoms with E-state index in [1.54, 1.807) is 0 Å². The second kappa shape index (κ2) is 6.77. The number of benzene rings is 1. The summed E-state index contributed by atoms with van der Waals surface area (Å²) in [6, 6.07) is 2.16. The minimum absolute atomic E-state index is 0.239. The Balaban J connectivity index is 2.20. The van der Waals surface area contributed by atoms with Crippen molar-refractivity contribution in [2.75, 3.05) is 32.7 Å². The summed E-state index contributed by atoms with van der Waals surface area (Å²) in [7, 11) is 0. The molecule has 21 heavy (non-hydrogen) atoms. The molecule has 0 bridgehead atoms. The van der Waals surface area contributed by atoms with E-state index in [4.69, 9.17) is 5.73 Å². The van der Waals surface area contributed by atoms with Crippen LogP contribution in [0.4, 0.5) is 13.2 Å². The number of hydrogen-bond acceptors (Lipinski definition) is 3. The van der Waals surface area contributed by atoms with Crippen LogP contribution in [0.2, 0.25) is 0 Å². The van der Waals surface area contributed by atoms with E-state index >= 15 is 0 Å². The molecular weight excluding hydrogens is 279 g/mol. The SMILES string of the molecule is CCN1CCN(C(CN)c2cc(F)c(F)c(F)c2)CC1C. The second-order valence-electron chi connectivity index (χ2n) is 5.52. The van der Waals surface area contributed by atoms with Crippen molar-refractivity contribution in [2.24, 2.45) is 5.73 Å². The van der Waals surface area contributed by atoms with E-state index < -0.39 is 17.5 Å². The highest BCUT2D eigenvalue weighted by molar-refractivity contribution is 5.23. The van der Waals surface area contributed by atoms with Gasteiger partial charge in [0.2, 0.25) is 0 Å². The Bertz CT molecular complexity index is 472. The van der Waals surface area contributed by atoms with Gasteiger partial charge in [-0.05, 0) is 31.2 Å². The van der Waals surface area contributed by atoms with Gasteiger partial charge in [-0.2, -0.15) is 0 Å². The maximum atomic E-state index is 13.4. The lowest BCUT2D eigenvalue weighted by atomic mass is 10.0. The van der Waals surface area contributed by atoms with Crippen molar-refractivity contribution in [3.63, 3.8) is 0 Å². The van der Waals surface area contributed by atoms with Crippen LogP contribution in [-0.2, 0) is 0 Å². The Kier molecular flexibility index (Phi) is 5.24. The molecule has 1 aromatic carbocycles. The Labute approximate surface area is 123 Å². The van der Waals surface area contributed by atoms with Crippen LogP contribution in [0.1, 0.15) is 25.5 Å². The number of rotatable bonds is 4. The first-order valence-corrected chi connectivity index (χ1v) is 7.30. The van der Waals surface area contributed by atoms with Gasteiger partial charge in [0.15, 0.2) is 17.5 Å². The highest BCUT2D eigenvalue weighted by Gasteiger charge is 2.28. The number of hydrogen-bond donors (Lipinski definition) is 1. The first-order chi connectivity index (χ1) is 9.97. The first-order valence-electron chi connectivity index (χ1n) is 7.30. The highest BCUT2D eigenvalue weighted by Crippen LogP contribution is 2.25. The fourth-order valence-electron chi connectivity index (χ4n) is 3.04. The molecule has 1 aliphatic rings. The van der Waals surface area contributed by atoms with Gasteiger partial charge in [0.1, 0.15) is 0 Å². The summed E-state index contributed by atoms with van der Waals surface area (Å²) >= 11 is 0. The maximum Gasteiger partial charge on any atom is 0.194 e. The third-order valence-electron chi connectivity index (χ3n) is 4.26. The van der Waals surface area contributed by atoms with E-state index in [2.05, 4.69) is 23.6 Å². The largest absolute Gasteiger partial charge is 0.329 e. The molecule has 2 N–H and O–H groups in total. The molecule has 1 fully saturated rings. The van der Waals surface area contributed by atoms with Crippen molar-refractivity contribution in [1.82, 2.24) is 9.80 Å². The zero-order valence-corrected chi connectivity index (χ0v) is 12.5. The van der Waals surface area contributed by atoms with Crippen molar-refractivity contribution >= 4 is 0 Å². The Hall–Kier alpha value is -1.11. The third-order valence-corrected chi connectivity index (χ3v) is 4.26. The Morgan fingerprint density at radius 3 is 2.33 bits per heavy atom. The summed E-state index contributed by atoms with van der Waals surface area (Å²) in [5, 5.41) is 0. The summed E-state index contributed by atoms with van der Waals surface area (Å²) < 4.78 is 39.9. The smallest absolute Gasteiger partial charge is 0.194 e. The highest BCUT2D eigenvalue weighted by atomic mass is 19.2. The third kappa shape index (κ3) is 3.39. The molecule has 3 nitrogen and oxygen atoms in total. The summed E-state index contributed by atoms with van der Waals surface area (Å²) in [6.07, 6.45) is 0. The van der Waals surface area contributed by atoms with Crippen molar-refractivity contribution < 1.29 is 13.2 Å². The van der Waals surface area contributed by atoms with Gasteiger partial charge in [-0.15, -0.1) is 0 Å². The maximum absolute atomic E-state index is 13.4. The van der Waals surface area contributed by atoms with Crippen LogP contribution in [-0.4, -0.2) is 48.6 Å². The van der Waals surface area contributed by atoms with Crippen LogP contribution >= 0.6 is 0 Å². The van der Waals surface area contributed by atoms with E-state index in [-0.39, 0.29) is 12.6 Å². The molecule has 0 aliphatic carbocycles. The standard InChI is InChI=1S/C15H22F3N3/c1-3-20-4-5-21(9-10(20)2)14(8-19)11-6-12(16)15(18)13(17)7-11/h6-7,10,14H,3-5,8-9,19H2,1-2H3. The fraction of sp³-hybridized carbons (Fsp3) is 0.600. The van der Waals surface area contributed by atoms with Gasteiger partial charge in [-0.25, -0.2) is 13.2 Å². The summed E-state index contributed by atoms with van der Waals surface area (Å²) in [6.45, 7) is 7.88. The quantitative estimate of drug-likeness (QED) is 0.865. The molecular formula is C15H22F3N3. The minimum Gasteiger partial charge on any atom is -0.329 e. The van der Waals surface area contributed by atoms with E-state index in [1.807, 2.05) is 0 Å². The van der Waals surface area contributed by atoms with Crippen molar-refractivity contribution in [3.8, 4) is 0 Å². The molecule has 1 aromatic rings. The molecule has 0 amide bonds. The molecule has 1 saturated heterocycles. The molecule has 0 spiro atoms. The van der Waals surface area contributed by atoms with Gasteiger partial charge in [0, 0.05) is 38.3 Å². The molecule has 2 unspecified atom stereocenters. The molecule has 118 valence electrons. The zero-order chi connectivity index (χ0) is 15.6. The van der Waals surface area contributed by atoms with E-state index in [1.165, 1.54) is 0 Å². The minimum atomic E-state index is -1.43. The van der Waals surface area contributed by atoms with Gasteiger partial charge >= 0.3 is 0 Å². The van der Waals surface area contributed by atoms with Crippen LogP contribution in [0.3, 0.4) is 0 Å². The van der Waals surface area contributed by atoms with Gasteiger partial charge in [0.05, 0.1) is 0 Å². The number of piperazine rings is 1. The number of nitrogens with two attached hydrogens (primary N) is 1. The van der Waals surface area contributed by atoms with Crippen LogP contribution < -0.4 is 5.73 Å². The average molecular weight is 301 g/mol. The molecule has 6 heteroatoms. The number of halogens is 3. The van der Waals surface area contributed by atoms with E-state index in [0.29, 0.717) is 11.6 Å². The summed E-state index contributed by atoms with van der Waals surface area (Å²) in [4.78, 5) is 4.46. The molecule has 2 rings (SSSR count). The topological polar surface area (TPSA) is 32.5 Å². The molecule has 1 aliphatic heterocycles. The molecule has 1 heterocycles. The normalized spacial score (nSPS) is 22.5. The van der Waals surface area contributed by atoms with Crippen LogP contribution in [0.15, 0.2) is 12.1 Å². The molecule has 2 atom stereocenters. The van der Waals surface area contributed by atoms with Gasteiger partial charge < -0.3 is 5.73 Å². The molecule has 0 aromatic heterocycles. The van der Waals surface area contributed by atoms with Crippen molar-refractivity contribution in [2.45, 2.75) is 25.9 Å². The predicted octanol–water partition coefficient (Wildman–Crippen LogP) is 2.13. The van der Waals surface area contributed by atoms with E-state index in [9.17, 15) is 13.2 Å². The Morgan fingerprint density at radius 2 is 1.86 bits per heavy atom. The second-order valence-corrected chi connectivity index (χ2v) is 5.52. The molecule has 0 radical (unpaired) electrons. The van der Waals surface area contributed by atoms with Crippen LogP contribution in [0, 0.1) is 17.5 Å². The zero-order valence-electron chi connectivity index (χ0n) is 12.5. The van der Waals surface area contributed by atoms with Crippen molar-refractivity contribution in [1.29, 1.82) is 0 Å². The fourth-order valence-corrected chi connectivity index (χ4v) is 3.04. The van der Waals surface area contributed by atoms with E-state index in [0.717, 1.165) is 38.3 Å². The van der Waals surface area contributed by atoms with Crippen LogP contribution in [0.5, 0.6) is 0 Å². The van der Waals surface area contributed by atoms with Gasteiger partial charge in [-0.1, -0.05) is 6.92 Å². The number of nitrogens with zero attached hydrogens (tertiary/aromatic N) is 2. The van der Waals surface area contributed by atoms with Gasteiger partial charge in [-0.3, -0.25) is 9.80 Å².